The van der Waals surface area contributed by atoms with Gasteiger partial charge >= 0.3 is 0 Å². The lowest BCUT2D eigenvalue weighted by atomic mass is 10.1. The number of benzene rings is 1. The minimum Gasteiger partial charge on any atom is -0.381 e. The van der Waals surface area contributed by atoms with Crippen LogP contribution in [0, 0.1) is 5.82 Å². The molecule has 2 N–H and O–H groups in total. The second-order valence-electron chi connectivity index (χ2n) is 3.82. The first-order valence-corrected chi connectivity index (χ1v) is 5.58. The maximum Gasteiger partial charge on any atom is 0.143 e. The first-order valence-electron chi connectivity index (χ1n) is 5.20. The number of fused-ring (bicyclic) bond motifs is 1. The van der Waals surface area contributed by atoms with E-state index in [0.29, 0.717) is 6.04 Å². The summed E-state index contributed by atoms with van der Waals surface area (Å²) in [4.78, 5) is 0. The summed E-state index contributed by atoms with van der Waals surface area (Å²) < 4.78 is 13.2. The summed E-state index contributed by atoms with van der Waals surface area (Å²) in [6.45, 7) is 3.00. The number of halogens is 2. The van der Waals surface area contributed by atoms with E-state index in [1.54, 1.807) is 6.07 Å². The second-order valence-corrected chi connectivity index (χ2v) is 4.23. The molecule has 1 aliphatic heterocycles. The Kier molecular flexibility index (Phi) is 3.00. The van der Waals surface area contributed by atoms with Crippen LogP contribution in [0.5, 0.6) is 0 Å². The van der Waals surface area contributed by atoms with Crippen molar-refractivity contribution in [3.8, 4) is 0 Å². The number of hydrogen-bond acceptors (Lipinski definition) is 2. The summed E-state index contributed by atoms with van der Waals surface area (Å²) in [5, 5.41) is 6.72. The summed E-state index contributed by atoms with van der Waals surface area (Å²) in [5.74, 6) is -0.373. The predicted molar refractivity (Wildman–Crippen MR) is 62.2 cm³/mol. The normalized spacial score (nSPS) is 19.0. The Morgan fingerprint density at radius 2 is 2.27 bits per heavy atom. The molecule has 1 heterocycles. The highest BCUT2D eigenvalue weighted by atomic mass is 35.5. The Bertz CT molecular complexity index is 368. The second kappa shape index (κ2) is 4.27. The number of hydrogen-bond donors (Lipinski definition) is 2. The largest absolute Gasteiger partial charge is 0.381 e. The van der Waals surface area contributed by atoms with Gasteiger partial charge in [-0.1, -0.05) is 24.9 Å². The molecule has 1 atom stereocenters. The fraction of sp³-hybridized carbons (Fsp3) is 0.455. The van der Waals surface area contributed by atoms with Crippen LogP contribution < -0.4 is 10.6 Å². The quantitative estimate of drug-likeness (QED) is 0.810. The Morgan fingerprint density at radius 1 is 1.47 bits per heavy atom. The van der Waals surface area contributed by atoms with Crippen molar-refractivity contribution in [3.05, 3.63) is 23.0 Å². The lowest BCUT2D eigenvalue weighted by Crippen LogP contribution is -2.32. The van der Waals surface area contributed by atoms with Crippen LogP contribution in [0.4, 0.5) is 15.8 Å². The van der Waals surface area contributed by atoms with Crippen molar-refractivity contribution < 1.29 is 4.39 Å². The molecule has 1 aromatic carbocycles. The van der Waals surface area contributed by atoms with E-state index >= 15 is 0 Å². The molecule has 2 rings (SSSR count). The van der Waals surface area contributed by atoms with Gasteiger partial charge in [-0.2, -0.15) is 0 Å². The van der Waals surface area contributed by atoms with Gasteiger partial charge in [0.05, 0.1) is 16.4 Å². The van der Waals surface area contributed by atoms with E-state index in [2.05, 4.69) is 17.6 Å². The SMILES string of the molecule is CCCC1CNc2cc(Cl)c(F)cc2N1. The molecule has 0 bridgehead atoms. The predicted octanol–water partition coefficient (Wildman–Crippen LogP) is 3.49. The highest BCUT2D eigenvalue weighted by Gasteiger charge is 2.17. The molecule has 0 fully saturated rings. The molecule has 0 radical (unpaired) electrons. The average molecular weight is 229 g/mol. The molecule has 0 aliphatic carbocycles. The van der Waals surface area contributed by atoms with Gasteiger partial charge in [0.2, 0.25) is 0 Å². The van der Waals surface area contributed by atoms with E-state index in [-0.39, 0.29) is 10.8 Å². The number of anilines is 2. The summed E-state index contributed by atoms with van der Waals surface area (Å²) in [6.07, 6.45) is 2.20. The summed E-state index contributed by atoms with van der Waals surface area (Å²) in [7, 11) is 0. The topological polar surface area (TPSA) is 24.1 Å². The standard InChI is InChI=1S/C11H14ClFN2/c1-2-3-7-6-14-10-4-8(12)9(13)5-11(10)15-7/h4-5,7,14-15H,2-3,6H2,1H3. The van der Waals surface area contributed by atoms with Crippen LogP contribution in [0.25, 0.3) is 0 Å². The van der Waals surface area contributed by atoms with Gasteiger partial charge in [-0.15, -0.1) is 0 Å². The molecule has 0 aromatic heterocycles. The minimum absolute atomic E-state index is 0.164. The Morgan fingerprint density at radius 3 is 3.00 bits per heavy atom. The van der Waals surface area contributed by atoms with Gasteiger partial charge in [-0.3, -0.25) is 0 Å². The van der Waals surface area contributed by atoms with Crippen molar-refractivity contribution in [1.82, 2.24) is 0 Å². The smallest absolute Gasteiger partial charge is 0.143 e. The molecule has 0 spiro atoms. The molecule has 4 heteroatoms. The van der Waals surface area contributed by atoms with Crippen molar-refractivity contribution >= 4 is 23.0 Å². The highest BCUT2D eigenvalue weighted by molar-refractivity contribution is 6.31. The third-order valence-electron chi connectivity index (χ3n) is 2.60. The molecule has 15 heavy (non-hydrogen) atoms. The third kappa shape index (κ3) is 2.17. The molecule has 1 aliphatic rings. The van der Waals surface area contributed by atoms with Gasteiger partial charge in [-0.05, 0) is 12.5 Å². The van der Waals surface area contributed by atoms with Crippen LogP contribution in [0.1, 0.15) is 19.8 Å². The molecule has 0 amide bonds. The van der Waals surface area contributed by atoms with E-state index in [4.69, 9.17) is 11.6 Å². The summed E-state index contributed by atoms with van der Waals surface area (Å²) in [5.41, 5.74) is 1.69. The lowest BCUT2D eigenvalue weighted by Gasteiger charge is -2.28. The van der Waals surface area contributed by atoms with Gasteiger partial charge in [-0.25, -0.2) is 4.39 Å². The van der Waals surface area contributed by atoms with Gasteiger partial charge in [0.25, 0.3) is 0 Å². The van der Waals surface area contributed by atoms with Crippen LogP contribution >= 0.6 is 11.6 Å². The van der Waals surface area contributed by atoms with Crippen molar-refractivity contribution in [3.63, 3.8) is 0 Å². The number of nitrogens with one attached hydrogen (secondary N) is 2. The van der Waals surface area contributed by atoms with Crippen LogP contribution in [0.15, 0.2) is 12.1 Å². The van der Waals surface area contributed by atoms with E-state index in [9.17, 15) is 4.39 Å². The maximum atomic E-state index is 13.2. The zero-order valence-corrected chi connectivity index (χ0v) is 9.37. The van der Waals surface area contributed by atoms with E-state index in [0.717, 1.165) is 30.8 Å². The fourth-order valence-electron chi connectivity index (χ4n) is 1.84. The van der Waals surface area contributed by atoms with Gasteiger partial charge in [0, 0.05) is 18.7 Å². The van der Waals surface area contributed by atoms with Gasteiger partial charge in [0.15, 0.2) is 0 Å². The highest BCUT2D eigenvalue weighted by Crippen LogP contribution is 2.31. The minimum atomic E-state index is -0.373. The van der Waals surface area contributed by atoms with Gasteiger partial charge < -0.3 is 10.6 Å². The van der Waals surface area contributed by atoms with Crippen LogP contribution in [0.3, 0.4) is 0 Å². The summed E-state index contributed by atoms with van der Waals surface area (Å²) in [6, 6.07) is 3.46. The molecule has 0 saturated carbocycles. The van der Waals surface area contributed by atoms with Crippen molar-refractivity contribution in [2.24, 2.45) is 0 Å². The molecule has 1 unspecified atom stereocenters. The first-order chi connectivity index (χ1) is 7.20. The lowest BCUT2D eigenvalue weighted by molar-refractivity contribution is 0.623. The third-order valence-corrected chi connectivity index (χ3v) is 2.89. The van der Waals surface area contributed by atoms with Crippen LogP contribution in [-0.4, -0.2) is 12.6 Å². The average Bonchev–Trinajstić information content (AvgIpc) is 2.21. The van der Waals surface area contributed by atoms with Crippen molar-refractivity contribution in [2.75, 3.05) is 17.2 Å². The van der Waals surface area contributed by atoms with E-state index in [1.807, 2.05) is 0 Å². The fourth-order valence-corrected chi connectivity index (χ4v) is 2.00. The Balaban J connectivity index is 2.22. The van der Waals surface area contributed by atoms with E-state index < -0.39 is 0 Å². The van der Waals surface area contributed by atoms with Crippen LogP contribution in [-0.2, 0) is 0 Å². The molecule has 82 valence electrons. The van der Waals surface area contributed by atoms with Crippen LogP contribution in [0.2, 0.25) is 5.02 Å². The molecular formula is C11H14ClFN2. The van der Waals surface area contributed by atoms with Crippen molar-refractivity contribution in [1.29, 1.82) is 0 Å². The molecule has 0 saturated heterocycles. The van der Waals surface area contributed by atoms with Gasteiger partial charge in [0.1, 0.15) is 5.82 Å². The number of rotatable bonds is 2. The van der Waals surface area contributed by atoms with Crippen molar-refractivity contribution in [2.45, 2.75) is 25.8 Å². The molecule has 1 aromatic rings. The maximum absolute atomic E-state index is 13.2. The van der Waals surface area contributed by atoms with E-state index in [1.165, 1.54) is 6.07 Å². The zero-order chi connectivity index (χ0) is 10.8. The molecule has 2 nitrogen and oxygen atoms in total. The first kappa shape index (κ1) is 10.6. The Hall–Kier alpha value is -0.960. The Labute approximate surface area is 93.8 Å². The zero-order valence-electron chi connectivity index (χ0n) is 8.61. The summed E-state index contributed by atoms with van der Waals surface area (Å²) >= 11 is 5.70. The molecular weight excluding hydrogens is 215 g/mol. The monoisotopic (exact) mass is 228 g/mol.